The van der Waals surface area contributed by atoms with Crippen LogP contribution < -0.4 is 19.1 Å². The van der Waals surface area contributed by atoms with Crippen molar-refractivity contribution in [3.63, 3.8) is 0 Å². The Kier molecular flexibility index (Phi) is 5.17. The van der Waals surface area contributed by atoms with Gasteiger partial charge in [0.1, 0.15) is 6.54 Å². The zero-order valence-electron chi connectivity index (χ0n) is 13.5. The first-order valence-electron chi connectivity index (χ1n) is 7.36. The van der Waals surface area contributed by atoms with Crippen LogP contribution in [0.15, 0.2) is 36.4 Å². The van der Waals surface area contributed by atoms with Gasteiger partial charge >= 0.3 is 0 Å². The van der Waals surface area contributed by atoms with Crippen LogP contribution in [0.4, 0.5) is 11.4 Å². The Balaban J connectivity index is 1.82. The zero-order valence-corrected chi connectivity index (χ0v) is 15.9. The molecule has 0 saturated heterocycles. The van der Waals surface area contributed by atoms with Crippen molar-refractivity contribution in [2.45, 2.75) is 0 Å². The summed E-state index contributed by atoms with van der Waals surface area (Å²) in [5.41, 5.74) is 0.655. The highest BCUT2D eigenvalue weighted by molar-refractivity contribution is 7.92. The average molecular weight is 417 g/mol. The number of anilines is 2. The van der Waals surface area contributed by atoms with Crippen molar-refractivity contribution in [3.8, 4) is 11.5 Å². The number of carbonyl (C=O) groups is 1. The molecular formula is C16H14Cl2N2O5S. The van der Waals surface area contributed by atoms with Gasteiger partial charge in [-0.15, -0.1) is 0 Å². The Labute approximate surface area is 160 Å². The molecule has 1 N–H and O–H groups in total. The summed E-state index contributed by atoms with van der Waals surface area (Å²) in [5.74, 6) is 0.379. The lowest BCUT2D eigenvalue weighted by Gasteiger charge is -2.22. The SMILES string of the molecule is CS(=O)(=O)N(CC(=O)Nc1cc(Cl)cc(Cl)c1)c1ccc2c(c1)OCO2. The molecule has 1 aliphatic rings. The molecule has 1 heterocycles. The number of benzene rings is 2. The topological polar surface area (TPSA) is 84.9 Å². The highest BCUT2D eigenvalue weighted by Crippen LogP contribution is 2.36. The molecule has 0 atom stereocenters. The molecule has 1 amide bonds. The standard InChI is InChI=1S/C16H14Cl2N2O5S/c1-26(22,23)20(13-2-3-14-15(7-13)25-9-24-14)8-16(21)19-12-5-10(17)4-11(18)6-12/h2-7H,8-9H2,1H3,(H,19,21). The van der Waals surface area contributed by atoms with Gasteiger partial charge in [0.05, 0.1) is 11.9 Å². The summed E-state index contributed by atoms with van der Waals surface area (Å²) in [6.45, 7) is -0.365. The van der Waals surface area contributed by atoms with Crippen molar-refractivity contribution in [2.75, 3.05) is 29.2 Å². The summed E-state index contributed by atoms with van der Waals surface area (Å²) >= 11 is 11.8. The second-order valence-corrected chi connectivity index (χ2v) is 8.29. The Morgan fingerprint density at radius 3 is 2.42 bits per heavy atom. The maximum absolute atomic E-state index is 12.3. The number of hydrogen-bond donors (Lipinski definition) is 1. The fourth-order valence-electron chi connectivity index (χ4n) is 2.40. The van der Waals surface area contributed by atoms with E-state index in [-0.39, 0.29) is 12.5 Å². The maximum Gasteiger partial charge on any atom is 0.245 e. The first-order valence-corrected chi connectivity index (χ1v) is 9.96. The van der Waals surface area contributed by atoms with Crippen molar-refractivity contribution < 1.29 is 22.7 Å². The van der Waals surface area contributed by atoms with E-state index in [4.69, 9.17) is 32.7 Å². The predicted octanol–water partition coefficient (Wildman–Crippen LogP) is 3.13. The van der Waals surface area contributed by atoms with Crippen LogP contribution in [-0.2, 0) is 14.8 Å². The van der Waals surface area contributed by atoms with Crippen LogP contribution in [0.25, 0.3) is 0 Å². The third-order valence-electron chi connectivity index (χ3n) is 3.48. The van der Waals surface area contributed by atoms with E-state index in [9.17, 15) is 13.2 Å². The molecule has 1 aliphatic heterocycles. The summed E-state index contributed by atoms with van der Waals surface area (Å²) < 4.78 is 35.8. The number of halogens is 2. The van der Waals surface area contributed by atoms with Gasteiger partial charge in [0, 0.05) is 21.8 Å². The van der Waals surface area contributed by atoms with E-state index in [1.165, 1.54) is 30.3 Å². The summed E-state index contributed by atoms with van der Waals surface area (Å²) in [7, 11) is -3.72. The molecule has 0 radical (unpaired) electrons. The largest absolute Gasteiger partial charge is 0.454 e. The normalized spacial score (nSPS) is 12.7. The van der Waals surface area contributed by atoms with Crippen LogP contribution in [0.3, 0.4) is 0 Å². The highest BCUT2D eigenvalue weighted by atomic mass is 35.5. The molecule has 0 unspecified atom stereocenters. The van der Waals surface area contributed by atoms with Crippen molar-refractivity contribution >= 4 is 50.5 Å². The number of amides is 1. The van der Waals surface area contributed by atoms with E-state index in [0.717, 1.165) is 10.6 Å². The lowest BCUT2D eigenvalue weighted by Crippen LogP contribution is -2.37. The van der Waals surface area contributed by atoms with Crippen LogP contribution in [-0.4, -0.2) is 33.9 Å². The van der Waals surface area contributed by atoms with Crippen LogP contribution in [0.1, 0.15) is 0 Å². The molecule has 3 rings (SSSR count). The van der Waals surface area contributed by atoms with E-state index in [1.54, 1.807) is 6.07 Å². The molecule has 0 bridgehead atoms. The molecule has 2 aromatic rings. The van der Waals surface area contributed by atoms with E-state index in [1.807, 2.05) is 0 Å². The molecule has 26 heavy (non-hydrogen) atoms. The van der Waals surface area contributed by atoms with Gasteiger partial charge in [0.25, 0.3) is 0 Å². The molecule has 0 aliphatic carbocycles. The van der Waals surface area contributed by atoms with Crippen molar-refractivity contribution in [3.05, 3.63) is 46.4 Å². The summed E-state index contributed by atoms with van der Waals surface area (Å²) in [4.78, 5) is 12.3. The summed E-state index contributed by atoms with van der Waals surface area (Å²) in [6, 6.07) is 9.18. The minimum atomic E-state index is -3.72. The van der Waals surface area contributed by atoms with Crippen LogP contribution >= 0.6 is 23.2 Å². The molecule has 138 valence electrons. The molecule has 0 spiro atoms. The molecular weight excluding hydrogens is 403 g/mol. The monoisotopic (exact) mass is 416 g/mol. The summed E-state index contributed by atoms with van der Waals surface area (Å²) in [5, 5.41) is 3.28. The van der Waals surface area contributed by atoms with Crippen molar-refractivity contribution in [1.82, 2.24) is 0 Å². The molecule has 2 aromatic carbocycles. The Morgan fingerprint density at radius 1 is 1.12 bits per heavy atom. The smallest absolute Gasteiger partial charge is 0.245 e. The van der Waals surface area contributed by atoms with Crippen LogP contribution in [0.2, 0.25) is 10.0 Å². The van der Waals surface area contributed by atoms with Gasteiger partial charge in [-0.25, -0.2) is 8.42 Å². The number of nitrogens with one attached hydrogen (secondary N) is 1. The number of rotatable bonds is 5. The summed E-state index contributed by atoms with van der Waals surface area (Å²) in [6.07, 6.45) is 1.01. The molecule has 0 aromatic heterocycles. The van der Waals surface area contributed by atoms with Crippen molar-refractivity contribution in [1.29, 1.82) is 0 Å². The Bertz CT molecular complexity index is 945. The highest BCUT2D eigenvalue weighted by Gasteiger charge is 2.24. The van der Waals surface area contributed by atoms with Gasteiger partial charge in [0.15, 0.2) is 11.5 Å². The van der Waals surface area contributed by atoms with Gasteiger partial charge in [-0.3, -0.25) is 9.10 Å². The third-order valence-corrected chi connectivity index (χ3v) is 5.06. The molecule has 10 heteroatoms. The minimum Gasteiger partial charge on any atom is -0.454 e. The van der Waals surface area contributed by atoms with E-state index in [0.29, 0.717) is 27.2 Å². The number of carbonyl (C=O) groups excluding carboxylic acids is 1. The fourth-order valence-corrected chi connectivity index (χ4v) is 3.77. The lowest BCUT2D eigenvalue weighted by atomic mass is 10.2. The van der Waals surface area contributed by atoms with E-state index < -0.39 is 22.5 Å². The van der Waals surface area contributed by atoms with E-state index in [2.05, 4.69) is 5.32 Å². The Morgan fingerprint density at radius 2 is 1.77 bits per heavy atom. The Hall–Kier alpha value is -2.16. The number of fused-ring (bicyclic) bond motifs is 1. The minimum absolute atomic E-state index is 0.0632. The second-order valence-electron chi connectivity index (χ2n) is 5.51. The predicted molar refractivity (Wildman–Crippen MR) is 99.8 cm³/mol. The van der Waals surface area contributed by atoms with Crippen LogP contribution in [0, 0.1) is 0 Å². The van der Waals surface area contributed by atoms with E-state index >= 15 is 0 Å². The first kappa shape index (κ1) is 18.6. The quantitative estimate of drug-likeness (QED) is 0.808. The van der Waals surface area contributed by atoms with Gasteiger partial charge in [-0.05, 0) is 30.3 Å². The zero-order chi connectivity index (χ0) is 18.9. The third kappa shape index (κ3) is 4.32. The first-order chi connectivity index (χ1) is 12.2. The fraction of sp³-hybridized carbons (Fsp3) is 0.188. The molecule has 7 nitrogen and oxygen atoms in total. The number of ether oxygens (including phenoxy) is 2. The van der Waals surface area contributed by atoms with Crippen LogP contribution in [0.5, 0.6) is 11.5 Å². The molecule has 0 fully saturated rings. The van der Waals surface area contributed by atoms with Gasteiger partial charge in [-0.1, -0.05) is 23.2 Å². The second kappa shape index (κ2) is 7.22. The van der Waals surface area contributed by atoms with Gasteiger partial charge in [-0.2, -0.15) is 0 Å². The number of sulfonamides is 1. The number of hydrogen-bond acceptors (Lipinski definition) is 5. The van der Waals surface area contributed by atoms with Gasteiger partial charge in [0.2, 0.25) is 22.7 Å². The van der Waals surface area contributed by atoms with Crippen molar-refractivity contribution in [2.24, 2.45) is 0 Å². The average Bonchev–Trinajstić information content (AvgIpc) is 2.98. The number of nitrogens with zero attached hydrogens (tertiary/aromatic N) is 1. The maximum atomic E-state index is 12.3. The lowest BCUT2D eigenvalue weighted by molar-refractivity contribution is -0.114. The van der Waals surface area contributed by atoms with Gasteiger partial charge < -0.3 is 14.8 Å². The molecule has 0 saturated carbocycles.